The molecule has 1 fully saturated rings. The Morgan fingerprint density at radius 1 is 1.00 bits per heavy atom. The summed E-state index contributed by atoms with van der Waals surface area (Å²) < 4.78 is 2.37. The molecule has 3 aromatic rings. The van der Waals surface area contributed by atoms with E-state index in [1.54, 1.807) is 0 Å². The summed E-state index contributed by atoms with van der Waals surface area (Å²) in [6, 6.07) is 4.55. The number of hydrogen-bond acceptors (Lipinski definition) is 3. The molecule has 0 bridgehead atoms. The number of fused-ring (bicyclic) bond motifs is 1. The van der Waals surface area contributed by atoms with E-state index in [2.05, 4.69) is 64.1 Å². The van der Waals surface area contributed by atoms with E-state index in [1.807, 2.05) is 6.92 Å². The zero-order valence-corrected chi connectivity index (χ0v) is 19.8. The monoisotopic (exact) mass is 402 g/mol. The molecule has 1 saturated heterocycles. The molecule has 0 radical (unpaired) electrons. The van der Waals surface area contributed by atoms with Gasteiger partial charge < -0.3 is 4.90 Å². The second-order valence-electron chi connectivity index (χ2n) is 9.31. The predicted octanol–water partition coefficient (Wildman–Crippen LogP) is 4.24. The van der Waals surface area contributed by atoms with Crippen molar-refractivity contribution in [2.24, 2.45) is 5.92 Å². The molecule has 4 rings (SSSR count). The Labute approximate surface area is 182 Å². The second-order valence-corrected chi connectivity index (χ2v) is 9.31. The second kappa shape index (κ2) is 8.09. The number of hydrogen-bond donors (Lipinski definition) is 0. The van der Waals surface area contributed by atoms with Gasteiger partial charge in [0.1, 0.15) is 19.5 Å². The van der Waals surface area contributed by atoms with E-state index in [0.717, 1.165) is 36.3 Å². The van der Waals surface area contributed by atoms with Crippen LogP contribution >= 0.6 is 0 Å². The summed E-state index contributed by atoms with van der Waals surface area (Å²) in [7, 11) is 2.17. The minimum absolute atomic E-state index is 0.856. The van der Waals surface area contributed by atoms with Gasteiger partial charge in [0, 0.05) is 18.8 Å². The molecule has 3 heterocycles. The molecule has 0 spiro atoms. The van der Waals surface area contributed by atoms with Gasteiger partial charge in [-0.1, -0.05) is 37.4 Å². The molecular formula is C25H35BN4. The molecule has 0 atom stereocenters. The minimum atomic E-state index is 0.856. The summed E-state index contributed by atoms with van der Waals surface area (Å²) in [6.07, 6.45) is 5.19. The van der Waals surface area contributed by atoms with Crippen molar-refractivity contribution in [3.8, 4) is 5.69 Å². The van der Waals surface area contributed by atoms with Crippen LogP contribution in [-0.4, -0.2) is 35.5 Å². The van der Waals surface area contributed by atoms with E-state index in [1.165, 1.54) is 64.6 Å². The Kier molecular flexibility index (Phi) is 5.65. The standard InChI is InChI=1S/C25H35BN4/c1-7-8-20-9-11-29(12-10-20)24-22-17(4)18(5)30(25(22)28-19(6)27-24)23-15(2)13-21(26)14-16(23)3/h13-14,20H,7-12,26H2,1-6H3. The number of nitrogens with zero attached hydrogens (tertiary/aromatic N) is 4. The quantitative estimate of drug-likeness (QED) is 0.613. The molecule has 1 aromatic carbocycles. The average Bonchev–Trinajstić information content (AvgIpc) is 2.92. The first-order chi connectivity index (χ1) is 14.3. The Morgan fingerprint density at radius 3 is 2.23 bits per heavy atom. The Morgan fingerprint density at radius 2 is 1.63 bits per heavy atom. The largest absolute Gasteiger partial charge is 0.356 e. The van der Waals surface area contributed by atoms with E-state index in [0.29, 0.717) is 0 Å². The molecule has 2 aromatic heterocycles. The summed E-state index contributed by atoms with van der Waals surface area (Å²) in [5, 5.41) is 1.23. The predicted molar refractivity (Wildman–Crippen MR) is 131 cm³/mol. The SMILES string of the molecule is Bc1cc(C)c(-n2c(C)c(C)c3c(N4CCC(CCC)CC4)nc(C)nc32)c(C)c1. The summed E-state index contributed by atoms with van der Waals surface area (Å²) in [5.41, 5.74) is 8.79. The fraction of sp³-hybridized carbons (Fsp3) is 0.520. The molecule has 0 amide bonds. The van der Waals surface area contributed by atoms with Crippen LogP contribution in [-0.2, 0) is 0 Å². The van der Waals surface area contributed by atoms with Crippen molar-refractivity contribution < 1.29 is 0 Å². The van der Waals surface area contributed by atoms with Crippen LogP contribution in [0.4, 0.5) is 5.82 Å². The maximum atomic E-state index is 4.97. The van der Waals surface area contributed by atoms with E-state index in [9.17, 15) is 0 Å². The van der Waals surface area contributed by atoms with Gasteiger partial charge in [-0.2, -0.15) is 0 Å². The van der Waals surface area contributed by atoms with Crippen molar-refractivity contribution in [3.05, 3.63) is 40.3 Å². The van der Waals surface area contributed by atoms with E-state index >= 15 is 0 Å². The lowest BCUT2D eigenvalue weighted by Gasteiger charge is -2.33. The van der Waals surface area contributed by atoms with E-state index in [-0.39, 0.29) is 0 Å². The highest BCUT2D eigenvalue weighted by Gasteiger charge is 2.26. The van der Waals surface area contributed by atoms with Gasteiger partial charge in [0.05, 0.1) is 11.1 Å². The van der Waals surface area contributed by atoms with Crippen molar-refractivity contribution in [2.75, 3.05) is 18.0 Å². The Hall–Kier alpha value is -2.30. The maximum Gasteiger partial charge on any atom is 0.150 e. The number of benzene rings is 1. The summed E-state index contributed by atoms with van der Waals surface area (Å²) in [6.45, 7) is 15.4. The molecule has 4 nitrogen and oxygen atoms in total. The van der Waals surface area contributed by atoms with Crippen LogP contribution in [0.1, 0.15) is 60.8 Å². The van der Waals surface area contributed by atoms with Gasteiger partial charge in [-0.25, -0.2) is 9.97 Å². The summed E-state index contributed by atoms with van der Waals surface area (Å²) >= 11 is 0. The van der Waals surface area contributed by atoms with Gasteiger partial charge in [-0.15, -0.1) is 0 Å². The Bertz CT molecular complexity index is 1070. The lowest BCUT2D eigenvalue weighted by molar-refractivity contribution is 0.377. The molecule has 0 N–H and O–H groups in total. The lowest BCUT2D eigenvalue weighted by atomic mass is 9.91. The van der Waals surface area contributed by atoms with E-state index in [4.69, 9.17) is 9.97 Å². The fourth-order valence-corrected chi connectivity index (χ4v) is 5.42. The normalized spacial score (nSPS) is 15.3. The zero-order chi connectivity index (χ0) is 21.6. The third kappa shape index (κ3) is 3.53. The average molecular weight is 402 g/mol. The summed E-state index contributed by atoms with van der Waals surface area (Å²) in [4.78, 5) is 12.4. The molecule has 0 unspecified atom stereocenters. The smallest absolute Gasteiger partial charge is 0.150 e. The molecule has 5 heteroatoms. The lowest BCUT2D eigenvalue weighted by Crippen LogP contribution is -2.34. The van der Waals surface area contributed by atoms with Crippen LogP contribution in [0.3, 0.4) is 0 Å². The molecule has 30 heavy (non-hydrogen) atoms. The third-order valence-corrected chi connectivity index (χ3v) is 6.92. The number of rotatable bonds is 4. The van der Waals surface area contributed by atoms with Crippen LogP contribution < -0.4 is 10.4 Å². The fourth-order valence-electron chi connectivity index (χ4n) is 5.42. The van der Waals surface area contributed by atoms with Crippen LogP contribution in [0.2, 0.25) is 0 Å². The molecule has 1 aliphatic rings. The van der Waals surface area contributed by atoms with Crippen molar-refractivity contribution in [3.63, 3.8) is 0 Å². The Balaban J connectivity index is 1.88. The maximum absolute atomic E-state index is 4.97. The van der Waals surface area contributed by atoms with Crippen molar-refractivity contribution >= 4 is 30.2 Å². The van der Waals surface area contributed by atoms with Crippen LogP contribution in [0.15, 0.2) is 12.1 Å². The molecule has 1 aliphatic heterocycles. The first-order valence-corrected chi connectivity index (χ1v) is 11.5. The molecule has 158 valence electrons. The van der Waals surface area contributed by atoms with Crippen molar-refractivity contribution in [1.82, 2.24) is 14.5 Å². The number of anilines is 1. The first kappa shape index (κ1) is 21.0. The zero-order valence-electron chi connectivity index (χ0n) is 19.8. The minimum Gasteiger partial charge on any atom is -0.356 e. The molecule has 0 aliphatic carbocycles. The highest BCUT2D eigenvalue weighted by Crippen LogP contribution is 2.36. The van der Waals surface area contributed by atoms with Gasteiger partial charge in [0.2, 0.25) is 0 Å². The van der Waals surface area contributed by atoms with Crippen molar-refractivity contribution in [2.45, 2.75) is 67.2 Å². The van der Waals surface area contributed by atoms with Crippen LogP contribution in [0, 0.1) is 40.5 Å². The van der Waals surface area contributed by atoms with Gasteiger partial charge >= 0.3 is 0 Å². The highest BCUT2D eigenvalue weighted by molar-refractivity contribution is 6.32. The summed E-state index contributed by atoms with van der Waals surface area (Å²) in [5.74, 6) is 2.86. The number of aromatic nitrogens is 3. The molecule has 0 saturated carbocycles. The molecular weight excluding hydrogens is 367 g/mol. The van der Waals surface area contributed by atoms with Gasteiger partial charge in [-0.3, -0.25) is 4.57 Å². The van der Waals surface area contributed by atoms with Gasteiger partial charge in [0.15, 0.2) is 5.65 Å². The van der Waals surface area contributed by atoms with Crippen LogP contribution in [0.5, 0.6) is 0 Å². The van der Waals surface area contributed by atoms with Gasteiger partial charge in [0.25, 0.3) is 0 Å². The van der Waals surface area contributed by atoms with Gasteiger partial charge in [-0.05, 0) is 70.1 Å². The number of aryl methyl sites for hydroxylation is 4. The van der Waals surface area contributed by atoms with Crippen molar-refractivity contribution in [1.29, 1.82) is 0 Å². The third-order valence-electron chi connectivity index (χ3n) is 6.92. The van der Waals surface area contributed by atoms with E-state index < -0.39 is 0 Å². The first-order valence-electron chi connectivity index (χ1n) is 11.5. The van der Waals surface area contributed by atoms with Crippen LogP contribution in [0.25, 0.3) is 16.7 Å². The number of piperidine rings is 1. The topological polar surface area (TPSA) is 34.0 Å². The highest BCUT2D eigenvalue weighted by atomic mass is 15.2.